The highest BCUT2D eigenvalue weighted by Gasteiger charge is 2.33. The molecule has 0 aliphatic heterocycles. The van der Waals surface area contributed by atoms with Gasteiger partial charge in [-0.25, -0.2) is 9.97 Å². The number of hydrogen-bond donors (Lipinski definition) is 1. The van der Waals surface area contributed by atoms with Gasteiger partial charge in [-0.2, -0.15) is 0 Å². The number of fused-ring (bicyclic) bond motifs is 1. The summed E-state index contributed by atoms with van der Waals surface area (Å²) >= 11 is 1.73. The van der Waals surface area contributed by atoms with E-state index in [1.807, 2.05) is 12.3 Å². The van der Waals surface area contributed by atoms with Gasteiger partial charge in [0, 0.05) is 30.6 Å². The van der Waals surface area contributed by atoms with E-state index in [1.165, 1.54) is 42.4 Å². The van der Waals surface area contributed by atoms with Crippen LogP contribution in [0.25, 0.3) is 10.2 Å². The number of hydrogen-bond acceptors (Lipinski definition) is 5. The molecule has 0 atom stereocenters. The van der Waals surface area contributed by atoms with Crippen molar-refractivity contribution < 1.29 is 4.74 Å². The number of thiazole rings is 1. The summed E-state index contributed by atoms with van der Waals surface area (Å²) in [5, 5.41) is 4.58. The zero-order valence-electron chi connectivity index (χ0n) is 15.4. The van der Waals surface area contributed by atoms with Crippen LogP contribution in [0.5, 0.6) is 5.88 Å². The van der Waals surface area contributed by atoms with Gasteiger partial charge in [0.2, 0.25) is 5.88 Å². The third-order valence-corrected chi connectivity index (χ3v) is 6.81. The zero-order valence-corrected chi connectivity index (χ0v) is 16.3. The van der Waals surface area contributed by atoms with Crippen LogP contribution in [0.1, 0.15) is 56.4 Å². The molecule has 27 heavy (non-hydrogen) atoms. The molecule has 2 saturated carbocycles. The maximum atomic E-state index is 6.29. The van der Waals surface area contributed by atoms with Crippen molar-refractivity contribution in [1.82, 2.24) is 9.97 Å². The van der Waals surface area contributed by atoms with Gasteiger partial charge < -0.3 is 10.1 Å². The summed E-state index contributed by atoms with van der Waals surface area (Å²) in [6.07, 6.45) is 10.7. The Morgan fingerprint density at radius 3 is 2.70 bits per heavy atom. The molecule has 2 aliphatic rings. The maximum Gasteiger partial charge on any atom is 0.217 e. The maximum absolute atomic E-state index is 6.29. The molecule has 140 valence electrons. The number of rotatable bonds is 5. The first-order valence-electron chi connectivity index (χ1n) is 10.1. The Morgan fingerprint density at radius 2 is 1.85 bits per heavy atom. The minimum atomic E-state index is 0.258. The van der Waals surface area contributed by atoms with E-state index in [4.69, 9.17) is 4.74 Å². The lowest BCUT2D eigenvalue weighted by Crippen LogP contribution is -2.42. The van der Waals surface area contributed by atoms with Gasteiger partial charge in [-0.05, 0) is 37.0 Å². The third-order valence-electron chi connectivity index (χ3n) is 5.84. The van der Waals surface area contributed by atoms with Crippen molar-refractivity contribution in [3.63, 3.8) is 0 Å². The number of aromatic nitrogens is 2. The molecule has 4 nitrogen and oxygen atoms in total. The van der Waals surface area contributed by atoms with Gasteiger partial charge in [0.1, 0.15) is 6.10 Å². The van der Waals surface area contributed by atoms with E-state index in [2.05, 4.69) is 45.6 Å². The van der Waals surface area contributed by atoms with Gasteiger partial charge in [0.05, 0.1) is 10.2 Å². The van der Waals surface area contributed by atoms with Gasteiger partial charge in [0.15, 0.2) is 5.13 Å². The highest BCUT2D eigenvalue weighted by atomic mass is 32.1. The summed E-state index contributed by atoms with van der Waals surface area (Å²) in [5.74, 6) is 1.49. The molecule has 2 aromatic heterocycles. The van der Waals surface area contributed by atoms with Gasteiger partial charge in [-0.1, -0.05) is 48.8 Å². The Morgan fingerprint density at radius 1 is 1.00 bits per heavy atom. The fourth-order valence-corrected chi connectivity index (χ4v) is 5.21. The van der Waals surface area contributed by atoms with Crippen LogP contribution in [0.3, 0.4) is 0 Å². The smallest absolute Gasteiger partial charge is 0.217 e. The molecule has 2 aliphatic carbocycles. The Kier molecular flexibility index (Phi) is 4.70. The van der Waals surface area contributed by atoms with Crippen LogP contribution in [0, 0.1) is 0 Å². The first-order chi connectivity index (χ1) is 13.3. The van der Waals surface area contributed by atoms with Gasteiger partial charge in [-0.3, -0.25) is 0 Å². The third kappa shape index (κ3) is 3.65. The number of benzene rings is 1. The Hall–Kier alpha value is -2.14. The standard InChI is InChI=1S/C22H25N3OS/c1-2-7-15(8-3-1)18-9-6-12-23-21(18)26-17-13-16(14-17)24-22-25-19-10-4-5-11-20(19)27-22/h4-6,9-12,15-17H,1-3,7-8,13-14H2,(H,24,25). The molecule has 0 spiro atoms. The quantitative estimate of drug-likeness (QED) is 0.612. The lowest BCUT2D eigenvalue weighted by molar-refractivity contribution is 0.101. The topological polar surface area (TPSA) is 47.0 Å². The summed E-state index contributed by atoms with van der Waals surface area (Å²) < 4.78 is 7.53. The second-order valence-electron chi connectivity index (χ2n) is 7.77. The van der Waals surface area contributed by atoms with Gasteiger partial charge in [-0.15, -0.1) is 0 Å². The van der Waals surface area contributed by atoms with E-state index in [1.54, 1.807) is 11.3 Å². The second kappa shape index (κ2) is 7.47. The molecule has 5 rings (SSSR count). The highest BCUT2D eigenvalue weighted by Crippen LogP contribution is 2.38. The largest absolute Gasteiger partial charge is 0.474 e. The minimum absolute atomic E-state index is 0.258. The van der Waals surface area contributed by atoms with Crippen molar-refractivity contribution in [2.75, 3.05) is 5.32 Å². The first kappa shape index (κ1) is 17.0. The van der Waals surface area contributed by atoms with Crippen LogP contribution in [0.2, 0.25) is 0 Å². The molecule has 0 radical (unpaired) electrons. The van der Waals surface area contributed by atoms with E-state index in [-0.39, 0.29) is 6.10 Å². The lowest BCUT2D eigenvalue weighted by Gasteiger charge is -2.36. The first-order valence-corrected chi connectivity index (χ1v) is 10.9. The minimum Gasteiger partial charge on any atom is -0.474 e. The summed E-state index contributed by atoms with van der Waals surface area (Å²) in [4.78, 5) is 9.23. The van der Waals surface area contributed by atoms with E-state index in [0.29, 0.717) is 12.0 Å². The van der Waals surface area contributed by atoms with Crippen molar-refractivity contribution in [2.24, 2.45) is 0 Å². The van der Waals surface area contributed by atoms with Crippen molar-refractivity contribution in [2.45, 2.75) is 63.0 Å². The predicted octanol–water partition coefficient (Wildman–Crippen LogP) is 5.76. The molecule has 2 fully saturated rings. The normalized spacial score (nSPS) is 23.1. The Balaban J connectivity index is 1.19. The van der Waals surface area contributed by atoms with Crippen molar-refractivity contribution in [3.8, 4) is 5.88 Å². The van der Waals surface area contributed by atoms with E-state index in [0.717, 1.165) is 29.4 Å². The van der Waals surface area contributed by atoms with E-state index < -0.39 is 0 Å². The summed E-state index contributed by atoms with van der Waals surface area (Å²) in [7, 11) is 0. The van der Waals surface area contributed by atoms with Crippen LogP contribution >= 0.6 is 11.3 Å². The number of pyridine rings is 1. The fourth-order valence-electron chi connectivity index (χ4n) is 4.27. The lowest BCUT2D eigenvalue weighted by atomic mass is 9.84. The van der Waals surface area contributed by atoms with Gasteiger partial charge in [0.25, 0.3) is 0 Å². The summed E-state index contributed by atoms with van der Waals surface area (Å²) in [6, 6.07) is 13.0. The molecule has 3 aromatic rings. The molecule has 5 heteroatoms. The average molecular weight is 380 g/mol. The molecular weight excluding hydrogens is 354 g/mol. The number of anilines is 1. The van der Waals surface area contributed by atoms with Crippen molar-refractivity contribution >= 4 is 26.7 Å². The SMILES string of the molecule is c1cnc(OC2CC(Nc3nc4ccccc4s3)C2)c(C2CCCCC2)c1. The number of ether oxygens (including phenoxy) is 1. The van der Waals surface area contributed by atoms with Crippen molar-refractivity contribution in [3.05, 3.63) is 48.2 Å². The average Bonchev–Trinajstić information content (AvgIpc) is 3.10. The number of nitrogens with zero attached hydrogens (tertiary/aromatic N) is 2. The van der Waals surface area contributed by atoms with Crippen LogP contribution in [0.4, 0.5) is 5.13 Å². The molecule has 1 aromatic carbocycles. The summed E-state index contributed by atoms with van der Waals surface area (Å²) in [6.45, 7) is 0. The Bertz CT molecular complexity index is 880. The van der Waals surface area contributed by atoms with Crippen LogP contribution in [0.15, 0.2) is 42.6 Å². The number of para-hydroxylation sites is 1. The van der Waals surface area contributed by atoms with Crippen LogP contribution in [-0.2, 0) is 0 Å². The van der Waals surface area contributed by atoms with Crippen LogP contribution < -0.4 is 10.1 Å². The number of nitrogens with one attached hydrogen (secondary N) is 1. The predicted molar refractivity (Wildman–Crippen MR) is 111 cm³/mol. The zero-order chi connectivity index (χ0) is 18.1. The van der Waals surface area contributed by atoms with Crippen molar-refractivity contribution in [1.29, 1.82) is 0 Å². The van der Waals surface area contributed by atoms with E-state index >= 15 is 0 Å². The molecule has 0 bridgehead atoms. The molecule has 2 heterocycles. The molecule has 0 amide bonds. The van der Waals surface area contributed by atoms with E-state index in [9.17, 15) is 0 Å². The molecule has 1 N–H and O–H groups in total. The second-order valence-corrected chi connectivity index (χ2v) is 8.80. The summed E-state index contributed by atoms with van der Waals surface area (Å²) in [5.41, 5.74) is 2.39. The van der Waals surface area contributed by atoms with Crippen LogP contribution in [-0.4, -0.2) is 22.1 Å². The Labute approximate surface area is 164 Å². The highest BCUT2D eigenvalue weighted by molar-refractivity contribution is 7.22. The molecule has 0 unspecified atom stereocenters. The molecule has 0 saturated heterocycles. The fraction of sp³-hybridized carbons (Fsp3) is 0.455. The van der Waals surface area contributed by atoms with Gasteiger partial charge >= 0.3 is 0 Å². The monoisotopic (exact) mass is 379 g/mol. The molecular formula is C22H25N3OS.